The molecule has 6 heteroatoms. The molecule has 2 heterocycles. The van der Waals surface area contributed by atoms with Gasteiger partial charge in [0.1, 0.15) is 0 Å². The summed E-state index contributed by atoms with van der Waals surface area (Å²) in [6.45, 7) is 5.45. The molecule has 1 atom stereocenters. The van der Waals surface area contributed by atoms with Crippen molar-refractivity contribution in [2.75, 3.05) is 18.4 Å². The minimum absolute atomic E-state index is 0.0352. The van der Waals surface area contributed by atoms with Gasteiger partial charge < -0.3 is 15.5 Å². The van der Waals surface area contributed by atoms with Gasteiger partial charge in [-0.15, -0.1) is 11.3 Å². The fraction of sp³-hybridized carbons (Fsp3) is 0.429. The number of carbonyl (C=O) groups excluding carboxylic acids is 2. The molecule has 1 aliphatic heterocycles. The number of piperidine rings is 1. The summed E-state index contributed by atoms with van der Waals surface area (Å²) in [7, 11) is 0. The molecule has 0 radical (unpaired) electrons. The van der Waals surface area contributed by atoms with Gasteiger partial charge in [0.2, 0.25) is 5.91 Å². The Kier molecular flexibility index (Phi) is 6.50. The lowest BCUT2D eigenvalue weighted by Crippen LogP contribution is -2.45. The van der Waals surface area contributed by atoms with Crippen LogP contribution in [0.3, 0.4) is 0 Å². The van der Waals surface area contributed by atoms with E-state index in [1.807, 2.05) is 41.8 Å². The summed E-state index contributed by atoms with van der Waals surface area (Å²) in [5.74, 6) is 0.404. The van der Waals surface area contributed by atoms with Crippen molar-refractivity contribution in [2.24, 2.45) is 11.8 Å². The SMILES string of the molecule is CC(C)[C@@H](NC(=O)C1CCN(C(=O)Nc2ccccc2)CC1)c1cccs1. The number of amides is 3. The molecule has 1 saturated heterocycles. The van der Waals surface area contributed by atoms with E-state index in [-0.39, 0.29) is 23.9 Å². The summed E-state index contributed by atoms with van der Waals surface area (Å²) < 4.78 is 0. The van der Waals surface area contributed by atoms with Crippen LogP contribution < -0.4 is 10.6 Å². The fourth-order valence-electron chi connectivity index (χ4n) is 3.37. The standard InChI is InChI=1S/C21H27N3O2S/c1-15(2)19(18-9-6-14-27-18)23-20(25)16-10-12-24(13-11-16)21(26)22-17-7-4-3-5-8-17/h3-9,14-16,19H,10-13H2,1-2H3,(H,22,26)(H,23,25)/t19-/m1/s1. The predicted molar refractivity (Wildman–Crippen MR) is 110 cm³/mol. The number of benzene rings is 1. The maximum atomic E-state index is 12.8. The molecular formula is C21H27N3O2S. The highest BCUT2D eigenvalue weighted by atomic mass is 32.1. The van der Waals surface area contributed by atoms with Crippen LogP contribution in [0, 0.1) is 11.8 Å². The van der Waals surface area contributed by atoms with Crippen LogP contribution in [0.2, 0.25) is 0 Å². The minimum atomic E-state index is -0.0984. The molecule has 1 fully saturated rings. The number of nitrogens with zero attached hydrogens (tertiary/aromatic N) is 1. The zero-order valence-corrected chi connectivity index (χ0v) is 16.7. The molecule has 1 aromatic heterocycles. The van der Waals surface area contributed by atoms with Crippen molar-refractivity contribution in [3.8, 4) is 0 Å². The average molecular weight is 386 g/mol. The molecule has 0 bridgehead atoms. The van der Waals surface area contributed by atoms with E-state index in [2.05, 4.69) is 30.5 Å². The number of carbonyl (C=O) groups is 2. The van der Waals surface area contributed by atoms with E-state index in [1.165, 1.54) is 4.88 Å². The zero-order chi connectivity index (χ0) is 19.2. The number of likely N-dealkylation sites (tertiary alicyclic amines) is 1. The van der Waals surface area contributed by atoms with Crippen molar-refractivity contribution >= 4 is 29.0 Å². The topological polar surface area (TPSA) is 61.4 Å². The second-order valence-electron chi connectivity index (χ2n) is 7.30. The highest BCUT2D eigenvalue weighted by molar-refractivity contribution is 7.10. The summed E-state index contributed by atoms with van der Waals surface area (Å²) >= 11 is 1.68. The Morgan fingerprint density at radius 2 is 1.78 bits per heavy atom. The quantitative estimate of drug-likeness (QED) is 0.796. The van der Waals surface area contributed by atoms with Gasteiger partial charge in [0.05, 0.1) is 6.04 Å². The molecule has 0 unspecified atom stereocenters. The van der Waals surface area contributed by atoms with Crippen LogP contribution in [0.1, 0.15) is 37.6 Å². The first-order valence-electron chi connectivity index (χ1n) is 9.49. The van der Waals surface area contributed by atoms with Crippen molar-refractivity contribution in [1.29, 1.82) is 0 Å². The molecular weight excluding hydrogens is 358 g/mol. The lowest BCUT2D eigenvalue weighted by atomic mass is 9.94. The van der Waals surface area contributed by atoms with Crippen molar-refractivity contribution < 1.29 is 9.59 Å². The summed E-state index contributed by atoms with van der Waals surface area (Å²) in [4.78, 5) is 28.1. The first kappa shape index (κ1) is 19.4. The number of rotatable bonds is 5. The second-order valence-corrected chi connectivity index (χ2v) is 8.28. The van der Waals surface area contributed by atoms with Gasteiger partial charge in [0.25, 0.3) is 0 Å². The molecule has 0 saturated carbocycles. The minimum Gasteiger partial charge on any atom is -0.348 e. The molecule has 1 aliphatic rings. The Balaban J connectivity index is 1.51. The molecule has 1 aromatic carbocycles. The van der Waals surface area contributed by atoms with Crippen molar-refractivity contribution in [1.82, 2.24) is 10.2 Å². The monoisotopic (exact) mass is 385 g/mol. The van der Waals surface area contributed by atoms with E-state index in [0.717, 1.165) is 5.69 Å². The Hall–Kier alpha value is -2.34. The summed E-state index contributed by atoms with van der Waals surface area (Å²) in [6, 6.07) is 13.5. The van der Waals surface area contributed by atoms with E-state index in [1.54, 1.807) is 16.2 Å². The normalized spacial score (nSPS) is 16.2. The first-order chi connectivity index (χ1) is 13.0. The third kappa shape index (κ3) is 5.10. The molecule has 3 amide bonds. The average Bonchev–Trinajstić information content (AvgIpc) is 3.21. The van der Waals surface area contributed by atoms with Gasteiger partial charge in [-0.05, 0) is 42.3 Å². The maximum absolute atomic E-state index is 12.8. The number of nitrogens with one attached hydrogen (secondary N) is 2. The summed E-state index contributed by atoms with van der Waals surface area (Å²) in [6.07, 6.45) is 1.40. The van der Waals surface area contributed by atoms with Gasteiger partial charge in [-0.2, -0.15) is 0 Å². The van der Waals surface area contributed by atoms with Crippen LogP contribution in [0.25, 0.3) is 0 Å². The molecule has 3 rings (SSSR count). The van der Waals surface area contributed by atoms with Gasteiger partial charge in [-0.1, -0.05) is 38.1 Å². The van der Waals surface area contributed by atoms with E-state index in [0.29, 0.717) is 31.8 Å². The Morgan fingerprint density at radius 3 is 2.37 bits per heavy atom. The molecule has 0 spiro atoms. The fourth-order valence-corrected chi connectivity index (χ4v) is 4.32. The number of anilines is 1. The smallest absolute Gasteiger partial charge is 0.321 e. The lowest BCUT2D eigenvalue weighted by Gasteiger charge is -2.32. The Bertz CT molecular complexity index is 738. The number of hydrogen-bond donors (Lipinski definition) is 2. The van der Waals surface area contributed by atoms with Gasteiger partial charge in [-0.3, -0.25) is 4.79 Å². The summed E-state index contributed by atoms with van der Waals surface area (Å²) in [5.41, 5.74) is 0.790. The van der Waals surface area contributed by atoms with Crippen molar-refractivity contribution in [3.63, 3.8) is 0 Å². The van der Waals surface area contributed by atoms with E-state index in [4.69, 9.17) is 0 Å². The molecule has 27 heavy (non-hydrogen) atoms. The van der Waals surface area contributed by atoms with Crippen LogP contribution in [-0.2, 0) is 4.79 Å². The Morgan fingerprint density at radius 1 is 1.07 bits per heavy atom. The van der Waals surface area contributed by atoms with Crippen LogP contribution in [-0.4, -0.2) is 29.9 Å². The molecule has 5 nitrogen and oxygen atoms in total. The molecule has 144 valence electrons. The lowest BCUT2D eigenvalue weighted by molar-refractivity contribution is -0.127. The van der Waals surface area contributed by atoms with Crippen LogP contribution in [0.4, 0.5) is 10.5 Å². The zero-order valence-electron chi connectivity index (χ0n) is 15.9. The third-order valence-corrected chi connectivity index (χ3v) is 5.95. The van der Waals surface area contributed by atoms with Gasteiger partial charge >= 0.3 is 6.03 Å². The van der Waals surface area contributed by atoms with Gasteiger partial charge in [0, 0.05) is 29.6 Å². The highest BCUT2D eigenvalue weighted by Gasteiger charge is 2.29. The number of urea groups is 1. The maximum Gasteiger partial charge on any atom is 0.321 e. The first-order valence-corrected chi connectivity index (χ1v) is 10.4. The molecule has 0 aliphatic carbocycles. The largest absolute Gasteiger partial charge is 0.348 e. The van der Waals surface area contributed by atoms with Crippen LogP contribution >= 0.6 is 11.3 Å². The predicted octanol–water partition coefficient (Wildman–Crippen LogP) is 4.51. The van der Waals surface area contributed by atoms with E-state index in [9.17, 15) is 9.59 Å². The highest BCUT2D eigenvalue weighted by Crippen LogP contribution is 2.27. The number of thiophene rings is 1. The summed E-state index contributed by atoms with van der Waals surface area (Å²) in [5, 5.41) is 8.18. The number of para-hydroxylation sites is 1. The number of hydrogen-bond acceptors (Lipinski definition) is 3. The van der Waals surface area contributed by atoms with Crippen LogP contribution in [0.15, 0.2) is 47.8 Å². The van der Waals surface area contributed by atoms with Gasteiger partial charge in [0.15, 0.2) is 0 Å². The third-order valence-electron chi connectivity index (χ3n) is 4.99. The molecule has 2 N–H and O–H groups in total. The van der Waals surface area contributed by atoms with Crippen LogP contribution in [0.5, 0.6) is 0 Å². The molecule has 2 aromatic rings. The van der Waals surface area contributed by atoms with Crippen molar-refractivity contribution in [3.05, 3.63) is 52.7 Å². The Labute approximate surface area is 164 Å². The van der Waals surface area contributed by atoms with Crippen molar-refractivity contribution in [2.45, 2.75) is 32.7 Å². The van der Waals surface area contributed by atoms with Gasteiger partial charge in [-0.25, -0.2) is 4.79 Å². The van der Waals surface area contributed by atoms with E-state index < -0.39 is 0 Å². The second kappa shape index (κ2) is 9.04. The van der Waals surface area contributed by atoms with E-state index >= 15 is 0 Å².